The summed E-state index contributed by atoms with van der Waals surface area (Å²) < 4.78 is 39.9. The average Bonchev–Trinajstić information content (AvgIpc) is 2.99. The van der Waals surface area contributed by atoms with Gasteiger partial charge in [-0.3, -0.25) is 13.9 Å². The molecule has 226 valence electrons. The van der Waals surface area contributed by atoms with Gasteiger partial charge in [0, 0.05) is 12.6 Å². The van der Waals surface area contributed by atoms with Crippen LogP contribution in [0.15, 0.2) is 77.7 Å². The fraction of sp³-hybridized carbons (Fsp3) is 0.375. The first-order valence-electron chi connectivity index (χ1n) is 14.0. The van der Waals surface area contributed by atoms with Gasteiger partial charge in [0.25, 0.3) is 10.0 Å². The molecular weight excluding hydrogens is 554 g/mol. The highest BCUT2D eigenvalue weighted by molar-refractivity contribution is 7.92. The van der Waals surface area contributed by atoms with Gasteiger partial charge in [0.1, 0.15) is 24.1 Å². The van der Waals surface area contributed by atoms with Crippen LogP contribution in [-0.4, -0.2) is 58.0 Å². The molecular formula is C32H41N3O6S. The Hall–Kier alpha value is -4.05. The van der Waals surface area contributed by atoms with Gasteiger partial charge in [0.2, 0.25) is 11.8 Å². The fourth-order valence-electron chi connectivity index (χ4n) is 4.59. The highest BCUT2D eigenvalue weighted by Crippen LogP contribution is 2.33. The Labute approximate surface area is 249 Å². The van der Waals surface area contributed by atoms with Crippen molar-refractivity contribution < 1.29 is 27.5 Å². The Bertz CT molecular complexity index is 1460. The highest BCUT2D eigenvalue weighted by Gasteiger charge is 2.35. The van der Waals surface area contributed by atoms with Crippen molar-refractivity contribution in [3.05, 3.63) is 83.9 Å². The maximum absolute atomic E-state index is 14.2. The Morgan fingerprint density at radius 1 is 0.905 bits per heavy atom. The lowest BCUT2D eigenvalue weighted by molar-refractivity contribution is -0.140. The Balaban J connectivity index is 2.10. The number of methoxy groups -OCH3 is 2. The van der Waals surface area contributed by atoms with Crippen molar-refractivity contribution in [2.75, 3.05) is 25.1 Å². The van der Waals surface area contributed by atoms with Crippen molar-refractivity contribution in [2.45, 2.75) is 64.1 Å². The molecule has 3 rings (SSSR count). The second-order valence-corrected chi connectivity index (χ2v) is 12.0. The molecule has 0 aliphatic heterocycles. The molecule has 0 saturated heterocycles. The largest absolute Gasteiger partial charge is 0.497 e. The summed E-state index contributed by atoms with van der Waals surface area (Å²) in [5, 5.41) is 2.99. The molecule has 42 heavy (non-hydrogen) atoms. The van der Waals surface area contributed by atoms with Gasteiger partial charge in [-0.2, -0.15) is 0 Å². The minimum absolute atomic E-state index is 0.0196. The number of rotatable bonds is 14. The Morgan fingerprint density at radius 2 is 1.60 bits per heavy atom. The van der Waals surface area contributed by atoms with Crippen molar-refractivity contribution in [3.63, 3.8) is 0 Å². The SMILES string of the molecule is CC[C@H](C(=O)N[C@@H](C)CC)N(Cc1cccc(C)c1)C(=O)CN(c1ccccc1OC)S(=O)(=O)c1ccc(OC)cc1. The number of benzene rings is 3. The van der Waals surface area contributed by atoms with Gasteiger partial charge < -0.3 is 19.7 Å². The average molecular weight is 596 g/mol. The highest BCUT2D eigenvalue weighted by atomic mass is 32.2. The molecule has 3 aromatic rings. The minimum atomic E-state index is -4.25. The molecule has 3 aromatic carbocycles. The number of hydrogen-bond acceptors (Lipinski definition) is 6. The molecule has 0 aromatic heterocycles. The van der Waals surface area contributed by atoms with E-state index in [1.807, 2.05) is 52.0 Å². The molecule has 0 heterocycles. The predicted octanol–water partition coefficient (Wildman–Crippen LogP) is 4.93. The summed E-state index contributed by atoms with van der Waals surface area (Å²) in [6.07, 6.45) is 1.08. The Morgan fingerprint density at radius 3 is 2.19 bits per heavy atom. The molecule has 0 saturated carbocycles. The molecule has 0 fully saturated rings. The lowest BCUT2D eigenvalue weighted by atomic mass is 10.1. The third-order valence-corrected chi connectivity index (χ3v) is 8.88. The van der Waals surface area contributed by atoms with Crippen LogP contribution in [0.1, 0.15) is 44.7 Å². The maximum Gasteiger partial charge on any atom is 0.264 e. The van der Waals surface area contributed by atoms with Gasteiger partial charge in [-0.25, -0.2) is 8.42 Å². The first-order chi connectivity index (χ1) is 20.0. The Kier molecular flexibility index (Phi) is 11.4. The van der Waals surface area contributed by atoms with Gasteiger partial charge >= 0.3 is 0 Å². The van der Waals surface area contributed by atoms with Crippen LogP contribution in [0.2, 0.25) is 0 Å². The van der Waals surface area contributed by atoms with Crippen molar-refractivity contribution in [3.8, 4) is 11.5 Å². The zero-order chi connectivity index (χ0) is 30.9. The molecule has 0 aliphatic carbocycles. The molecule has 9 nitrogen and oxygen atoms in total. The van der Waals surface area contributed by atoms with Crippen LogP contribution in [0.3, 0.4) is 0 Å². The maximum atomic E-state index is 14.2. The number of carbonyl (C=O) groups excluding carboxylic acids is 2. The molecule has 0 aliphatic rings. The van der Waals surface area contributed by atoms with Crippen LogP contribution in [0.5, 0.6) is 11.5 Å². The van der Waals surface area contributed by atoms with Crippen molar-refractivity contribution in [1.82, 2.24) is 10.2 Å². The predicted molar refractivity (Wildman–Crippen MR) is 164 cm³/mol. The van der Waals surface area contributed by atoms with E-state index in [1.165, 1.54) is 31.3 Å². The first-order valence-corrected chi connectivity index (χ1v) is 15.4. The van der Waals surface area contributed by atoms with Crippen LogP contribution in [0.4, 0.5) is 5.69 Å². The summed E-state index contributed by atoms with van der Waals surface area (Å²) in [4.78, 5) is 29.1. The van der Waals surface area contributed by atoms with Crippen LogP contribution < -0.4 is 19.1 Å². The number of aryl methyl sites for hydroxylation is 1. The van der Waals surface area contributed by atoms with Gasteiger partial charge in [0.15, 0.2) is 0 Å². The molecule has 2 atom stereocenters. The molecule has 0 spiro atoms. The second-order valence-electron chi connectivity index (χ2n) is 10.1. The zero-order valence-corrected chi connectivity index (χ0v) is 26.0. The van der Waals surface area contributed by atoms with E-state index >= 15 is 0 Å². The number of carbonyl (C=O) groups is 2. The van der Waals surface area contributed by atoms with E-state index in [0.717, 1.165) is 21.9 Å². The summed E-state index contributed by atoms with van der Waals surface area (Å²) in [5.74, 6) is -0.0224. The first kappa shape index (κ1) is 32.5. The van der Waals surface area contributed by atoms with Crippen molar-refractivity contribution in [1.29, 1.82) is 0 Å². The number of nitrogens with one attached hydrogen (secondary N) is 1. The lowest BCUT2D eigenvalue weighted by Crippen LogP contribution is -2.53. The smallest absolute Gasteiger partial charge is 0.264 e. The summed E-state index contributed by atoms with van der Waals surface area (Å²) >= 11 is 0. The number of nitrogens with zero attached hydrogens (tertiary/aromatic N) is 2. The van der Waals surface area contributed by atoms with Gasteiger partial charge in [0.05, 0.1) is 24.8 Å². The number of anilines is 1. The third kappa shape index (κ3) is 7.82. The molecule has 1 N–H and O–H groups in total. The standard InChI is InChI=1S/C32H41N3O6S/c1-7-24(4)33-32(37)28(8-2)34(21-25-13-11-12-23(3)20-25)31(36)22-35(29-14-9-10-15-30(29)41-6)42(38,39)27-18-16-26(40-5)17-19-27/h9-20,24,28H,7-8,21-22H2,1-6H3,(H,33,37)/t24-,28+/m0/s1. The van der Waals surface area contributed by atoms with E-state index in [-0.39, 0.29) is 34.8 Å². The number of amides is 2. The fourth-order valence-corrected chi connectivity index (χ4v) is 6.02. The van der Waals surface area contributed by atoms with Gasteiger partial charge in [-0.15, -0.1) is 0 Å². The summed E-state index contributed by atoms with van der Waals surface area (Å²) in [6, 6.07) is 19.4. The van der Waals surface area contributed by atoms with Crippen LogP contribution >= 0.6 is 0 Å². The van der Waals surface area contributed by atoms with E-state index in [1.54, 1.807) is 36.4 Å². The number of para-hydroxylation sites is 2. The number of ether oxygens (including phenoxy) is 2. The van der Waals surface area contributed by atoms with E-state index in [0.29, 0.717) is 12.2 Å². The van der Waals surface area contributed by atoms with E-state index < -0.39 is 28.5 Å². The summed E-state index contributed by atoms with van der Waals surface area (Å²) in [6.45, 7) is 7.25. The van der Waals surface area contributed by atoms with Crippen LogP contribution in [-0.2, 0) is 26.2 Å². The monoisotopic (exact) mass is 595 g/mol. The topological polar surface area (TPSA) is 105 Å². The van der Waals surface area contributed by atoms with Crippen molar-refractivity contribution in [2.24, 2.45) is 0 Å². The molecule has 0 unspecified atom stereocenters. The van der Waals surface area contributed by atoms with E-state index in [2.05, 4.69) is 5.32 Å². The minimum Gasteiger partial charge on any atom is -0.497 e. The van der Waals surface area contributed by atoms with Crippen LogP contribution in [0, 0.1) is 6.92 Å². The lowest BCUT2D eigenvalue weighted by Gasteiger charge is -2.34. The molecule has 0 radical (unpaired) electrons. The van der Waals surface area contributed by atoms with Gasteiger partial charge in [-0.1, -0.05) is 55.8 Å². The van der Waals surface area contributed by atoms with E-state index in [4.69, 9.17) is 9.47 Å². The summed E-state index contributed by atoms with van der Waals surface area (Å²) in [7, 11) is -1.31. The summed E-state index contributed by atoms with van der Waals surface area (Å²) in [5.41, 5.74) is 2.05. The van der Waals surface area contributed by atoms with E-state index in [9.17, 15) is 18.0 Å². The number of sulfonamides is 1. The molecule has 2 amide bonds. The van der Waals surface area contributed by atoms with Gasteiger partial charge in [-0.05, 0) is 68.7 Å². The normalized spacial score (nSPS) is 12.6. The zero-order valence-electron chi connectivity index (χ0n) is 25.2. The molecule has 0 bridgehead atoms. The molecule has 10 heteroatoms. The second kappa shape index (κ2) is 14.7. The quantitative estimate of drug-likeness (QED) is 0.283. The van der Waals surface area contributed by atoms with Crippen molar-refractivity contribution >= 4 is 27.5 Å². The number of hydrogen-bond donors (Lipinski definition) is 1. The third-order valence-electron chi connectivity index (χ3n) is 7.10. The van der Waals surface area contributed by atoms with Crippen LogP contribution in [0.25, 0.3) is 0 Å².